The minimum absolute atomic E-state index is 0.0314. The van der Waals surface area contributed by atoms with Crippen molar-refractivity contribution >= 4 is 28.0 Å². The van der Waals surface area contributed by atoms with Gasteiger partial charge in [-0.1, -0.05) is 0 Å². The maximum atomic E-state index is 12.9. The van der Waals surface area contributed by atoms with Crippen molar-refractivity contribution in [1.29, 1.82) is 5.26 Å². The van der Waals surface area contributed by atoms with Crippen LogP contribution in [0, 0.1) is 17.1 Å². The zero-order chi connectivity index (χ0) is 17.8. The normalized spacial score (nSPS) is 13.0. The monoisotopic (exact) mass is 356 g/mol. The summed E-state index contributed by atoms with van der Waals surface area (Å²) >= 11 is 1.47. The molecule has 1 aromatic carbocycles. The van der Waals surface area contributed by atoms with Gasteiger partial charge in [-0.05, 0) is 55.5 Å². The molecule has 0 saturated heterocycles. The van der Waals surface area contributed by atoms with Crippen LogP contribution < -0.4 is 5.32 Å². The summed E-state index contributed by atoms with van der Waals surface area (Å²) in [5.74, 6) is -0.897. The maximum absolute atomic E-state index is 12.9. The van der Waals surface area contributed by atoms with Gasteiger partial charge in [-0.2, -0.15) is 5.26 Å². The summed E-state index contributed by atoms with van der Waals surface area (Å²) in [6, 6.07) is 7.47. The highest BCUT2D eigenvalue weighted by molar-refractivity contribution is 7.16. The number of nitrogens with zero attached hydrogens (tertiary/aromatic N) is 1. The van der Waals surface area contributed by atoms with E-state index >= 15 is 0 Å². The van der Waals surface area contributed by atoms with Crippen molar-refractivity contribution in [3.05, 3.63) is 51.7 Å². The lowest BCUT2D eigenvalue weighted by molar-refractivity contribution is -0.116. The molecule has 0 bridgehead atoms. The van der Waals surface area contributed by atoms with Crippen LogP contribution in [-0.4, -0.2) is 11.7 Å². The number of aryl methyl sites for hydroxylation is 1. The van der Waals surface area contributed by atoms with Gasteiger partial charge in [-0.3, -0.25) is 9.59 Å². The average Bonchev–Trinajstić information content (AvgIpc) is 2.97. The minimum atomic E-state index is -0.403. The predicted octanol–water partition coefficient (Wildman–Crippen LogP) is 4.24. The first-order valence-corrected chi connectivity index (χ1v) is 9.03. The van der Waals surface area contributed by atoms with Crippen LogP contribution >= 0.6 is 11.3 Å². The van der Waals surface area contributed by atoms with Crippen LogP contribution in [0.5, 0.6) is 0 Å². The van der Waals surface area contributed by atoms with Crippen LogP contribution in [-0.2, 0) is 17.6 Å². The number of fused-ring (bicyclic) bond motifs is 1. The number of nitriles is 1. The topological polar surface area (TPSA) is 70.0 Å². The number of hydrogen-bond acceptors (Lipinski definition) is 4. The smallest absolute Gasteiger partial charge is 0.225 e. The third-order valence-electron chi connectivity index (χ3n) is 4.28. The van der Waals surface area contributed by atoms with E-state index in [1.54, 1.807) is 0 Å². The Labute approximate surface area is 149 Å². The van der Waals surface area contributed by atoms with Gasteiger partial charge >= 0.3 is 0 Å². The Morgan fingerprint density at radius 1 is 1.16 bits per heavy atom. The molecular formula is C19H17FN2O2S. The van der Waals surface area contributed by atoms with Gasteiger partial charge in [0, 0.05) is 23.3 Å². The molecule has 0 radical (unpaired) electrons. The molecule has 4 nitrogen and oxygen atoms in total. The number of carbonyl (C=O) groups excluding carboxylic acids is 2. The second kappa shape index (κ2) is 7.58. The molecule has 1 aliphatic rings. The summed E-state index contributed by atoms with van der Waals surface area (Å²) in [5, 5.41) is 12.8. The van der Waals surface area contributed by atoms with Crippen LogP contribution in [0.4, 0.5) is 9.39 Å². The Morgan fingerprint density at radius 2 is 1.88 bits per heavy atom. The van der Waals surface area contributed by atoms with Crippen molar-refractivity contribution < 1.29 is 14.0 Å². The number of Topliss-reactive ketones (excluding diaryl/α,β-unsaturated/α-hetero) is 1. The summed E-state index contributed by atoms with van der Waals surface area (Å²) in [6.45, 7) is 0. The number of amides is 1. The molecule has 25 heavy (non-hydrogen) atoms. The summed E-state index contributed by atoms with van der Waals surface area (Å²) < 4.78 is 12.9. The first-order valence-electron chi connectivity index (χ1n) is 8.21. The van der Waals surface area contributed by atoms with E-state index in [-0.39, 0.29) is 24.5 Å². The van der Waals surface area contributed by atoms with Crippen molar-refractivity contribution in [2.45, 2.75) is 38.5 Å². The van der Waals surface area contributed by atoms with Crippen molar-refractivity contribution in [2.75, 3.05) is 5.32 Å². The first kappa shape index (κ1) is 17.3. The number of hydrogen-bond donors (Lipinski definition) is 1. The van der Waals surface area contributed by atoms with Gasteiger partial charge in [0.25, 0.3) is 0 Å². The second-order valence-electron chi connectivity index (χ2n) is 6.01. The average molecular weight is 356 g/mol. The van der Waals surface area contributed by atoms with E-state index in [2.05, 4.69) is 11.4 Å². The van der Waals surface area contributed by atoms with Gasteiger partial charge in [-0.15, -0.1) is 11.3 Å². The van der Waals surface area contributed by atoms with Crippen LogP contribution in [0.2, 0.25) is 0 Å². The van der Waals surface area contributed by atoms with E-state index in [0.29, 0.717) is 16.1 Å². The highest BCUT2D eigenvalue weighted by atomic mass is 32.1. The number of ketones is 1. The summed E-state index contributed by atoms with van der Waals surface area (Å²) in [4.78, 5) is 25.4. The molecule has 1 heterocycles. The largest absolute Gasteiger partial charge is 0.317 e. The van der Waals surface area contributed by atoms with Gasteiger partial charge < -0.3 is 5.32 Å². The van der Waals surface area contributed by atoms with Gasteiger partial charge in [0.1, 0.15) is 16.9 Å². The van der Waals surface area contributed by atoms with Crippen molar-refractivity contribution in [2.24, 2.45) is 0 Å². The molecule has 0 fully saturated rings. The molecule has 0 unspecified atom stereocenters. The zero-order valence-electron chi connectivity index (χ0n) is 13.6. The number of halogens is 1. The Balaban J connectivity index is 1.61. The Morgan fingerprint density at radius 3 is 2.60 bits per heavy atom. The van der Waals surface area contributed by atoms with Crippen molar-refractivity contribution in [1.82, 2.24) is 0 Å². The molecule has 128 valence electrons. The van der Waals surface area contributed by atoms with E-state index in [1.807, 2.05) is 0 Å². The minimum Gasteiger partial charge on any atom is -0.317 e. The molecule has 6 heteroatoms. The standard InChI is InChI=1S/C19H17FN2O2S/c20-13-7-5-12(6-8-13)16(23)9-10-18(24)22-19-15(11-21)14-3-1-2-4-17(14)25-19/h5-8H,1-4,9-10H2,(H,22,24). The Kier molecular flexibility index (Phi) is 5.25. The van der Waals surface area contributed by atoms with Crippen molar-refractivity contribution in [3.8, 4) is 6.07 Å². The molecule has 0 saturated carbocycles. The molecule has 1 N–H and O–H groups in total. The maximum Gasteiger partial charge on any atom is 0.225 e. The van der Waals surface area contributed by atoms with Gasteiger partial charge in [0.2, 0.25) is 5.91 Å². The summed E-state index contributed by atoms with van der Waals surface area (Å²) in [7, 11) is 0. The first-order chi connectivity index (χ1) is 12.1. The van der Waals surface area contributed by atoms with Gasteiger partial charge in [-0.25, -0.2) is 4.39 Å². The quantitative estimate of drug-likeness (QED) is 0.815. The number of nitrogens with one attached hydrogen (secondary N) is 1. The number of anilines is 1. The predicted molar refractivity (Wildman–Crippen MR) is 94.3 cm³/mol. The van der Waals surface area contributed by atoms with Gasteiger partial charge in [0.05, 0.1) is 5.56 Å². The number of carbonyl (C=O) groups is 2. The second-order valence-corrected chi connectivity index (χ2v) is 7.11. The third-order valence-corrected chi connectivity index (χ3v) is 5.49. The summed E-state index contributed by atoms with van der Waals surface area (Å²) in [5.41, 5.74) is 2.02. The number of thiophene rings is 1. The lowest BCUT2D eigenvalue weighted by Crippen LogP contribution is -2.13. The van der Waals surface area contributed by atoms with E-state index in [1.165, 1.54) is 40.5 Å². The van der Waals surface area contributed by atoms with Crippen LogP contribution in [0.15, 0.2) is 24.3 Å². The fraction of sp³-hybridized carbons (Fsp3) is 0.316. The molecular weight excluding hydrogens is 339 g/mol. The molecule has 0 aliphatic heterocycles. The SMILES string of the molecule is N#Cc1c(NC(=O)CCC(=O)c2ccc(F)cc2)sc2c1CCCC2. The summed E-state index contributed by atoms with van der Waals surface area (Å²) in [6.07, 6.45) is 4.09. The third kappa shape index (κ3) is 3.94. The van der Waals surface area contributed by atoms with Crippen molar-refractivity contribution in [3.63, 3.8) is 0 Å². The lowest BCUT2D eigenvalue weighted by Gasteiger charge is -2.09. The molecule has 0 atom stereocenters. The Bertz CT molecular complexity index is 850. The Hall–Kier alpha value is -2.52. The molecule has 1 amide bonds. The van der Waals surface area contributed by atoms with E-state index < -0.39 is 5.82 Å². The van der Waals surface area contributed by atoms with Crippen LogP contribution in [0.3, 0.4) is 0 Å². The van der Waals surface area contributed by atoms with E-state index in [4.69, 9.17) is 0 Å². The molecule has 1 aliphatic carbocycles. The number of rotatable bonds is 5. The highest BCUT2D eigenvalue weighted by Crippen LogP contribution is 2.37. The van der Waals surface area contributed by atoms with E-state index in [0.717, 1.165) is 31.2 Å². The molecule has 3 rings (SSSR count). The molecule has 2 aromatic rings. The fourth-order valence-electron chi connectivity index (χ4n) is 2.97. The molecule has 1 aromatic heterocycles. The number of benzene rings is 1. The molecule has 0 spiro atoms. The van der Waals surface area contributed by atoms with Gasteiger partial charge in [0.15, 0.2) is 5.78 Å². The van der Waals surface area contributed by atoms with Crippen LogP contribution in [0.1, 0.15) is 52.0 Å². The zero-order valence-corrected chi connectivity index (χ0v) is 14.4. The fourth-order valence-corrected chi connectivity index (χ4v) is 4.22. The van der Waals surface area contributed by atoms with E-state index in [9.17, 15) is 19.2 Å². The highest BCUT2D eigenvalue weighted by Gasteiger charge is 2.22. The van der Waals surface area contributed by atoms with Crippen LogP contribution in [0.25, 0.3) is 0 Å². The lowest BCUT2D eigenvalue weighted by atomic mass is 9.96.